The summed E-state index contributed by atoms with van der Waals surface area (Å²) in [4.78, 5) is 0. The number of rotatable bonds is 0. The summed E-state index contributed by atoms with van der Waals surface area (Å²) in [6.45, 7) is 3.19. The minimum absolute atomic E-state index is 0.0949. The summed E-state index contributed by atoms with van der Waals surface area (Å²) in [5.74, 6) is 0. The molecule has 2 rings (SSSR count). The molecule has 0 amide bonds. The molecule has 0 bridgehead atoms. The molecule has 0 aromatic carbocycles. The summed E-state index contributed by atoms with van der Waals surface area (Å²) in [6.07, 6.45) is 6.92. The molecule has 11 heavy (non-hydrogen) atoms. The molecule has 1 aliphatic heterocycles. The van der Waals surface area contributed by atoms with Crippen LogP contribution in [0.25, 0.3) is 0 Å². The van der Waals surface area contributed by atoms with E-state index >= 15 is 0 Å². The van der Waals surface area contributed by atoms with Crippen LogP contribution in [0.4, 0.5) is 0 Å². The van der Waals surface area contributed by atoms with Gasteiger partial charge in [0.25, 0.3) is 0 Å². The van der Waals surface area contributed by atoms with Crippen molar-refractivity contribution in [3.63, 3.8) is 0 Å². The van der Waals surface area contributed by atoms with Gasteiger partial charge in [0.1, 0.15) is 5.72 Å². The lowest BCUT2D eigenvalue weighted by atomic mass is 9.92. The summed E-state index contributed by atoms with van der Waals surface area (Å²) in [7, 11) is 0. The lowest BCUT2D eigenvalue weighted by Gasteiger charge is -2.32. The van der Waals surface area contributed by atoms with Crippen LogP contribution in [0.15, 0.2) is 0 Å². The summed E-state index contributed by atoms with van der Waals surface area (Å²) < 4.78 is 5.88. The zero-order valence-electron chi connectivity index (χ0n) is 7.23. The molecular weight excluding hydrogens is 138 g/mol. The number of hydrogen-bond acceptors (Lipinski definition) is 2. The molecule has 2 fully saturated rings. The van der Waals surface area contributed by atoms with Gasteiger partial charge in [-0.3, -0.25) is 5.32 Å². The smallest absolute Gasteiger partial charge is 0.119 e. The Morgan fingerprint density at radius 2 is 2.00 bits per heavy atom. The lowest BCUT2D eigenvalue weighted by Crippen LogP contribution is -2.42. The van der Waals surface area contributed by atoms with Gasteiger partial charge in [0.2, 0.25) is 0 Å². The summed E-state index contributed by atoms with van der Waals surface area (Å²) >= 11 is 0. The van der Waals surface area contributed by atoms with Crippen molar-refractivity contribution in [1.29, 1.82) is 0 Å². The monoisotopic (exact) mass is 155 g/mol. The normalized spacial score (nSPS) is 36.3. The quantitative estimate of drug-likeness (QED) is 0.574. The first kappa shape index (κ1) is 7.56. The van der Waals surface area contributed by atoms with Crippen molar-refractivity contribution in [2.24, 2.45) is 0 Å². The van der Waals surface area contributed by atoms with Crippen molar-refractivity contribution >= 4 is 0 Å². The average Bonchev–Trinajstić information content (AvgIpc) is 2.34. The van der Waals surface area contributed by atoms with Gasteiger partial charge in [-0.25, -0.2) is 0 Å². The molecule has 0 aromatic rings. The maximum absolute atomic E-state index is 5.88. The number of nitrogens with one attached hydrogen (secondary N) is 1. The SMILES string of the molecule is C[C@H]1CNC2(CCCCC2)O1. The fourth-order valence-corrected chi connectivity index (χ4v) is 2.22. The van der Waals surface area contributed by atoms with E-state index in [4.69, 9.17) is 4.74 Å². The van der Waals surface area contributed by atoms with Crippen LogP contribution in [0.1, 0.15) is 39.0 Å². The third-order valence-electron chi connectivity index (χ3n) is 2.80. The van der Waals surface area contributed by atoms with Gasteiger partial charge in [-0.05, 0) is 32.6 Å². The van der Waals surface area contributed by atoms with Crippen LogP contribution < -0.4 is 5.32 Å². The van der Waals surface area contributed by atoms with Crippen LogP contribution in [0.3, 0.4) is 0 Å². The van der Waals surface area contributed by atoms with Gasteiger partial charge in [0.15, 0.2) is 0 Å². The molecule has 1 saturated heterocycles. The Labute approximate surface area is 68.3 Å². The van der Waals surface area contributed by atoms with Crippen LogP contribution in [-0.4, -0.2) is 18.4 Å². The Morgan fingerprint density at radius 1 is 1.27 bits per heavy atom. The molecule has 1 spiro atoms. The minimum atomic E-state index is 0.0949. The molecule has 1 atom stereocenters. The molecule has 1 saturated carbocycles. The molecule has 1 aliphatic carbocycles. The van der Waals surface area contributed by atoms with Crippen LogP contribution >= 0.6 is 0 Å². The van der Waals surface area contributed by atoms with Crippen LogP contribution in [0, 0.1) is 0 Å². The third kappa shape index (κ3) is 1.42. The Balaban J connectivity index is 1.98. The molecule has 0 radical (unpaired) electrons. The molecule has 64 valence electrons. The van der Waals surface area contributed by atoms with E-state index in [1.807, 2.05) is 0 Å². The Bertz CT molecular complexity index is 135. The van der Waals surface area contributed by atoms with E-state index in [0.717, 1.165) is 6.54 Å². The maximum Gasteiger partial charge on any atom is 0.119 e. The van der Waals surface area contributed by atoms with E-state index in [1.54, 1.807) is 0 Å². The van der Waals surface area contributed by atoms with Crippen molar-refractivity contribution in [1.82, 2.24) is 5.32 Å². The lowest BCUT2D eigenvalue weighted by molar-refractivity contribution is -0.0675. The van der Waals surface area contributed by atoms with Crippen LogP contribution in [0.2, 0.25) is 0 Å². The van der Waals surface area contributed by atoms with Crippen molar-refractivity contribution in [3.8, 4) is 0 Å². The molecular formula is C9H17NO. The van der Waals surface area contributed by atoms with Crippen molar-refractivity contribution < 1.29 is 4.74 Å². The second-order valence-electron chi connectivity index (χ2n) is 3.86. The van der Waals surface area contributed by atoms with Gasteiger partial charge in [-0.15, -0.1) is 0 Å². The second kappa shape index (κ2) is 2.76. The second-order valence-corrected chi connectivity index (χ2v) is 3.86. The van der Waals surface area contributed by atoms with Gasteiger partial charge in [-0.2, -0.15) is 0 Å². The predicted molar refractivity (Wildman–Crippen MR) is 44.4 cm³/mol. The number of hydrogen-bond donors (Lipinski definition) is 1. The highest BCUT2D eigenvalue weighted by Gasteiger charge is 2.38. The van der Waals surface area contributed by atoms with E-state index in [9.17, 15) is 0 Å². The largest absolute Gasteiger partial charge is 0.356 e. The van der Waals surface area contributed by atoms with Gasteiger partial charge in [0.05, 0.1) is 6.10 Å². The topological polar surface area (TPSA) is 21.3 Å². The third-order valence-corrected chi connectivity index (χ3v) is 2.80. The van der Waals surface area contributed by atoms with Gasteiger partial charge in [0, 0.05) is 6.54 Å². The zero-order chi connectivity index (χ0) is 7.73. The highest BCUT2D eigenvalue weighted by atomic mass is 16.5. The Kier molecular flexibility index (Phi) is 1.90. The Morgan fingerprint density at radius 3 is 2.55 bits per heavy atom. The minimum Gasteiger partial charge on any atom is -0.356 e. The summed E-state index contributed by atoms with van der Waals surface area (Å²) in [5.41, 5.74) is 0.0949. The van der Waals surface area contributed by atoms with Gasteiger partial charge >= 0.3 is 0 Å². The molecule has 0 unspecified atom stereocenters. The molecule has 1 heterocycles. The van der Waals surface area contributed by atoms with Crippen LogP contribution in [-0.2, 0) is 4.74 Å². The average molecular weight is 155 g/mol. The first-order chi connectivity index (χ1) is 5.31. The first-order valence-electron chi connectivity index (χ1n) is 4.74. The number of ether oxygens (including phenoxy) is 1. The standard InChI is InChI=1S/C9H17NO/c1-8-7-10-9(11-8)5-3-2-4-6-9/h8,10H,2-7H2,1H3/t8-/m0/s1. The van der Waals surface area contributed by atoms with E-state index in [1.165, 1.54) is 32.1 Å². The molecule has 1 N–H and O–H groups in total. The molecule has 2 nitrogen and oxygen atoms in total. The first-order valence-corrected chi connectivity index (χ1v) is 4.74. The van der Waals surface area contributed by atoms with E-state index < -0.39 is 0 Å². The van der Waals surface area contributed by atoms with E-state index in [0.29, 0.717) is 6.10 Å². The van der Waals surface area contributed by atoms with Gasteiger partial charge < -0.3 is 4.74 Å². The Hall–Kier alpha value is -0.0800. The van der Waals surface area contributed by atoms with Crippen LogP contribution in [0.5, 0.6) is 0 Å². The van der Waals surface area contributed by atoms with Crippen molar-refractivity contribution in [3.05, 3.63) is 0 Å². The predicted octanol–water partition coefficient (Wildman–Crippen LogP) is 1.66. The van der Waals surface area contributed by atoms with Gasteiger partial charge in [-0.1, -0.05) is 6.42 Å². The van der Waals surface area contributed by atoms with Crippen molar-refractivity contribution in [2.75, 3.05) is 6.54 Å². The summed E-state index contributed by atoms with van der Waals surface area (Å²) in [6, 6.07) is 0. The zero-order valence-corrected chi connectivity index (χ0v) is 7.23. The summed E-state index contributed by atoms with van der Waals surface area (Å²) in [5, 5.41) is 3.50. The highest BCUT2D eigenvalue weighted by Crippen LogP contribution is 2.33. The molecule has 2 aliphatic rings. The fourth-order valence-electron chi connectivity index (χ4n) is 2.22. The van der Waals surface area contributed by atoms with E-state index in [2.05, 4.69) is 12.2 Å². The maximum atomic E-state index is 5.88. The highest BCUT2D eigenvalue weighted by molar-refractivity contribution is 4.88. The van der Waals surface area contributed by atoms with E-state index in [-0.39, 0.29) is 5.72 Å². The molecule has 0 aromatic heterocycles. The molecule has 2 heteroatoms. The fraction of sp³-hybridized carbons (Fsp3) is 1.00. The van der Waals surface area contributed by atoms with Crippen molar-refractivity contribution in [2.45, 2.75) is 50.9 Å².